The SMILES string of the molecule is CCNCc1cc(S(=O)(=O)N(CC)C(C)C)ccc1Cl. The molecule has 1 N–H and O–H groups in total. The number of benzene rings is 1. The molecule has 1 aromatic rings. The quantitative estimate of drug-likeness (QED) is 0.841. The van der Waals surface area contributed by atoms with Gasteiger partial charge < -0.3 is 5.32 Å². The van der Waals surface area contributed by atoms with Crippen molar-refractivity contribution in [1.82, 2.24) is 9.62 Å². The molecule has 0 fully saturated rings. The summed E-state index contributed by atoms with van der Waals surface area (Å²) in [6.07, 6.45) is 0. The maximum Gasteiger partial charge on any atom is 0.243 e. The smallest absolute Gasteiger partial charge is 0.243 e. The Morgan fingerprint density at radius 2 is 1.95 bits per heavy atom. The minimum Gasteiger partial charge on any atom is -0.313 e. The van der Waals surface area contributed by atoms with E-state index in [4.69, 9.17) is 11.6 Å². The Kier molecular flexibility index (Phi) is 6.45. The summed E-state index contributed by atoms with van der Waals surface area (Å²) < 4.78 is 26.7. The highest BCUT2D eigenvalue weighted by Crippen LogP contribution is 2.24. The first-order valence-electron chi connectivity index (χ1n) is 6.85. The standard InChI is InChI=1S/C14H23ClN2O2S/c1-5-16-10-12-9-13(7-8-14(12)15)20(18,19)17(6-2)11(3)4/h7-9,11,16H,5-6,10H2,1-4H3. The Balaban J connectivity index is 3.18. The van der Waals surface area contributed by atoms with Crippen molar-refractivity contribution in [3.05, 3.63) is 28.8 Å². The molecule has 0 saturated heterocycles. The Morgan fingerprint density at radius 3 is 2.45 bits per heavy atom. The van der Waals surface area contributed by atoms with Crippen molar-refractivity contribution in [1.29, 1.82) is 0 Å². The fourth-order valence-electron chi connectivity index (χ4n) is 2.05. The summed E-state index contributed by atoms with van der Waals surface area (Å²) in [6.45, 7) is 9.39. The van der Waals surface area contributed by atoms with Crippen molar-refractivity contribution in [2.45, 2.75) is 45.2 Å². The second kappa shape index (κ2) is 7.41. The molecular weight excluding hydrogens is 296 g/mol. The van der Waals surface area contributed by atoms with Crippen molar-refractivity contribution in [3.8, 4) is 0 Å². The van der Waals surface area contributed by atoms with Crippen LogP contribution in [0.25, 0.3) is 0 Å². The molecule has 4 nitrogen and oxygen atoms in total. The lowest BCUT2D eigenvalue weighted by atomic mass is 10.2. The van der Waals surface area contributed by atoms with Crippen molar-refractivity contribution in [3.63, 3.8) is 0 Å². The van der Waals surface area contributed by atoms with Crippen LogP contribution in [0.2, 0.25) is 5.02 Å². The highest BCUT2D eigenvalue weighted by Gasteiger charge is 2.25. The van der Waals surface area contributed by atoms with Crippen molar-refractivity contribution >= 4 is 21.6 Å². The Labute approximate surface area is 127 Å². The van der Waals surface area contributed by atoms with Crippen LogP contribution in [0.1, 0.15) is 33.3 Å². The molecule has 20 heavy (non-hydrogen) atoms. The molecule has 0 unspecified atom stereocenters. The summed E-state index contributed by atoms with van der Waals surface area (Å²) >= 11 is 6.11. The topological polar surface area (TPSA) is 49.4 Å². The average Bonchev–Trinajstić information content (AvgIpc) is 2.37. The Bertz CT molecular complexity index is 544. The highest BCUT2D eigenvalue weighted by molar-refractivity contribution is 7.89. The van der Waals surface area contributed by atoms with E-state index in [9.17, 15) is 8.42 Å². The van der Waals surface area contributed by atoms with Gasteiger partial charge in [-0.1, -0.05) is 25.4 Å². The largest absolute Gasteiger partial charge is 0.313 e. The van der Waals surface area contributed by atoms with Gasteiger partial charge in [-0.25, -0.2) is 8.42 Å². The summed E-state index contributed by atoms with van der Waals surface area (Å²) in [7, 11) is -3.47. The Morgan fingerprint density at radius 1 is 1.30 bits per heavy atom. The maximum absolute atomic E-state index is 12.6. The van der Waals surface area contributed by atoms with Crippen LogP contribution in [0.4, 0.5) is 0 Å². The summed E-state index contributed by atoms with van der Waals surface area (Å²) in [6, 6.07) is 4.80. The third-order valence-electron chi connectivity index (χ3n) is 3.08. The molecule has 0 spiro atoms. The predicted molar refractivity (Wildman–Crippen MR) is 83.5 cm³/mol. The molecule has 0 atom stereocenters. The predicted octanol–water partition coefficient (Wildman–Crippen LogP) is 2.87. The van der Waals surface area contributed by atoms with Gasteiger partial charge in [0.2, 0.25) is 10.0 Å². The van der Waals surface area contributed by atoms with Crippen LogP contribution in [-0.4, -0.2) is 31.9 Å². The van der Waals surface area contributed by atoms with Gasteiger partial charge in [0, 0.05) is 24.2 Å². The monoisotopic (exact) mass is 318 g/mol. The zero-order valence-electron chi connectivity index (χ0n) is 12.5. The second-order valence-electron chi connectivity index (χ2n) is 4.84. The van der Waals surface area contributed by atoms with Gasteiger partial charge in [0.15, 0.2) is 0 Å². The lowest BCUT2D eigenvalue weighted by Crippen LogP contribution is -2.36. The number of sulfonamides is 1. The molecule has 114 valence electrons. The highest BCUT2D eigenvalue weighted by atomic mass is 35.5. The second-order valence-corrected chi connectivity index (χ2v) is 7.13. The number of nitrogens with one attached hydrogen (secondary N) is 1. The normalized spacial score (nSPS) is 12.3. The van der Waals surface area contributed by atoms with E-state index in [0.29, 0.717) is 23.0 Å². The zero-order chi connectivity index (χ0) is 15.3. The minimum atomic E-state index is -3.47. The van der Waals surface area contributed by atoms with Gasteiger partial charge in [-0.15, -0.1) is 0 Å². The van der Waals surface area contributed by atoms with Gasteiger partial charge in [0.05, 0.1) is 4.90 Å². The van der Waals surface area contributed by atoms with Crippen LogP contribution in [-0.2, 0) is 16.6 Å². The van der Waals surface area contributed by atoms with Gasteiger partial charge in [-0.2, -0.15) is 4.31 Å². The summed E-state index contributed by atoms with van der Waals surface area (Å²) in [5, 5.41) is 3.74. The van der Waals surface area contributed by atoms with E-state index in [1.807, 2.05) is 27.7 Å². The lowest BCUT2D eigenvalue weighted by molar-refractivity contribution is 0.369. The van der Waals surface area contributed by atoms with Crippen molar-refractivity contribution in [2.24, 2.45) is 0 Å². The van der Waals surface area contributed by atoms with Crippen LogP contribution in [0.15, 0.2) is 23.1 Å². The van der Waals surface area contributed by atoms with Gasteiger partial charge in [0.1, 0.15) is 0 Å². The van der Waals surface area contributed by atoms with E-state index in [-0.39, 0.29) is 6.04 Å². The first kappa shape index (κ1) is 17.4. The molecule has 0 amide bonds. The number of hydrogen-bond acceptors (Lipinski definition) is 3. The first-order valence-corrected chi connectivity index (χ1v) is 8.67. The van der Waals surface area contributed by atoms with Gasteiger partial charge in [0.25, 0.3) is 0 Å². The molecule has 0 aromatic heterocycles. The number of nitrogens with zero attached hydrogens (tertiary/aromatic N) is 1. The number of rotatable bonds is 7. The molecule has 1 rings (SSSR count). The molecule has 0 heterocycles. The van der Waals surface area contributed by atoms with Crippen LogP contribution in [0, 0.1) is 0 Å². The van der Waals surface area contributed by atoms with Crippen LogP contribution in [0.5, 0.6) is 0 Å². The van der Waals surface area contributed by atoms with Gasteiger partial charge >= 0.3 is 0 Å². The number of hydrogen-bond donors (Lipinski definition) is 1. The Hall–Kier alpha value is -0.620. The molecule has 0 bridgehead atoms. The zero-order valence-corrected chi connectivity index (χ0v) is 14.1. The molecule has 6 heteroatoms. The summed E-state index contributed by atoms with van der Waals surface area (Å²) in [4.78, 5) is 0.297. The van der Waals surface area contributed by atoms with E-state index in [1.54, 1.807) is 18.2 Å². The van der Waals surface area contributed by atoms with Crippen molar-refractivity contribution in [2.75, 3.05) is 13.1 Å². The van der Waals surface area contributed by atoms with Crippen LogP contribution < -0.4 is 5.32 Å². The average molecular weight is 319 g/mol. The van der Waals surface area contributed by atoms with E-state index in [0.717, 1.165) is 12.1 Å². The number of halogens is 1. The van der Waals surface area contributed by atoms with Crippen LogP contribution >= 0.6 is 11.6 Å². The lowest BCUT2D eigenvalue weighted by Gasteiger charge is -2.24. The minimum absolute atomic E-state index is 0.0714. The molecule has 0 radical (unpaired) electrons. The van der Waals surface area contributed by atoms with E-state index < -0.39 is 10.0 Å². The van der Waals surface area contributed by atoms with E-state index in [2.05, 4.69) is 5.32 Å². The molecule has 0 aliphatic heterocycles. The van der Waals surface area contributed by atoms with Crippen LogP contribution in [0.3, 0.4) is 0 Å². The molecule has 0 saturated carbocycles. The van der Waals surface area contributed by atoms with Gasteiger partial charge in [-0.3, -0.25) is 0 Å². The maximum atomic E-state index is 12.6. The third kappa shape index (κ3) is 3.95. The van der Waals surface area contributed by atoms with E-state index in [1.165, 1.54) is 4.31 Å². The van der Waals surface area contributed by atoms with Crippen molar-refractivity contribution < 1.29 is 8.42 Å². The third-order valence-corrected chi connectivity index (χ3v) is 5.59. The fourth-order valence-corrected chi connectivity index (χ4v) is 3.94. The summed E-state index contributed by atoms with van der Waals surface area (Å²) in [5.74, 6) is 0. The van der Waals surface area contributed by atoms with E-state index >= 15 is 0 Å². The molecular formula is C14H23ClN2O2S. The first-order chi connectivity index (χ1) is 9.34. The molecule has 0 aliphatic carbocycles. The fraction of sp³-hybridized carbons (Fsp3) is 0.571. The summed E-state index contributed by atoms with van der Waals surface area (Å²) in [5.41, 5.74) is 0.800. The molecule has 0 aliphatic rings. The van der Waals surface area contributed by atoms with Gasteiger partial charge in [-0.05, 0) is 44.2 Å². The molecule has 1 aromatic carbocycles.